The fraction of sp³-hybridized carbons (Fsp3) is 0.585. The van der Waals surface area contributed by atoms with Crippen molar-refractivity contribution in [3.05, 3.63) is 59.7 Å². The lowest BCUT2D eigenvalue weighted by molar-refractivity contribution is -0.150. The molecule has 1 fully saturated rings. The van der Waals surface area contributed by atoms with Gasteiger partial charge < -0.3 is 46.2 Å². The van der Waals surface area contributed by atoms with Gasteiger partial charge in [0.05, 0.1) is 0 Å². The van der Waals surface area contributed by atoms with Crippen LogP contribution in [0.1, 0.15) is 82.8 Å². The van der Waals surface area contributed by atoms with Crippen LogP contribution in [-0.2, 0) is 36.8 Å². The normalized spacial score (nSPS) is 16.8. The Bertz CT molecular complexity index is 1610. The molecular formula is C41H59Cl2N5O9. The molecule has 2 aromatic carbocycles. The van der Waals surface area contributed by atoms with E-state index in [9.17, 15) is 44.4 Å². The zero-order valence-electron chi connectivity index (χ0n) is 33.2. The van der Waals surface area contributed by atoms with E-state index in [1.54, 1.807) is 31.3 Å². The minimum absolute atomic E-state index is 0.0107. The molecule has 0 radical (unpaired) electrons. The van der Waals surface area contributed by atoms with E-state index in [0.717, 1.165) is 25.7 Å². The Morgan fingerprint density at radius 3 is 1.89 bits per heavy atom. The van der Waals surface area contributed by atoms with Crippen LogP contribution < -0.4 is 16.0 Å². The Kier molecular flexibility index (Phi) is 19.3. The highest BCUT2D eigenvalue weighted by Gasteiger charge is 2.42. The first-order chi connectivity index (χ1) is 27.0. The van der Waals surface area contributed by atoms with E-state index in [-0.39, 0.29) is 43.2 Å². The van der Waals surface area contributed by atoms with Crippen LogP contribution in [0.5, 0.6) is 11.5 Å². The molecule has 0 aliphatic carbocycles. The number of halogens is 2. The number of nitrogens with zero attached hydrogens (tertiary/aromatic N) is 2. The highest BCUT2D eigenvalue weighted by molar-refractivity contribution is 6.44. The fourth-order valence-corrected chi connectivity index (χ4v) is 7.39. The van der Waals surface area contributed by atoms with E-state index in [1.807, 2.05) is 13.8 Å². The molecule has 16 heteroatoms. The molecule has 57 heavy (non-hydrogen) atoms. The zero-order chi connectivity index (χ0) is 42.2. The van der Waals surface area contributed by atoms with Crippen molar-refractivity contribution in [1.29, 1.82) is 0 Å². The van der Waals surface area contributed by atoms with Crippen molar-refractivity contribution in [2.45, 2.75) is 126 Å². The quantitative estimate of drug-likeness (QED) is 0.0635. The van der Waals surface area contributed by atoms with Crippen molar-refractivity contribution in [1.82, 2.24) is 25.8 Å². The number of hydrogen-bond donors (Lipinski definition) is 7. The Labute approximate surface area is 345 Å². The standard InChI is InChI=1S/C41H59Cl2N5O9/c1-25(2)22-34(40(55)48-21-9-11-33(48)37(52)46-32(41(56)57)24-27-15-19-29(50)20-16-27)47(4)39(54)31(23-26-13-17-28(49)18-14-26)45-38(53)36(51)30(44-3)10-7-5-6-8-12-35(42)43/h13-20,25,30-36,44,49-51H,5-12,21-24H2,1-4H3,(H,45,53)(H,46,52)(H,56,57). The molecule has 6 unspecified atom stereocenters. The van der Waals surface area contributed by atoms with Crippen molar-refractivity contribution < 1.29 is 44.4 Å². The smallest absolute Gasteiger partial charge is 0.326 e. The van der Waals surface area contributed by atoms with Crippen molar-refractivity contribution in [2.75, 3.05) is 20.6 Å². The number of aliphatic hydroxyl groups is 1. The number of likely N-dealkylation sites (N-methyl/N-ethyl adjacent to an activating group) is 2. The molecule has 1 aliphatic heterocycles. The van der Waals surface area contributed by atoms with Gasteiger partial charge in [-0.15, -0.1) is 23.2 Å². The number of phenolic OH excluding ortho intramolecular Hbond substituents is 2. The number of likely N-dealkylation sites (tertiary alicyclic amines) is 1. The van der Waals surface area contributed by atoms with Crippen LogP contribution in [0.25, 0.3) is 0 Å². The van der Waals surface area contributed by atoms with Crippen LogP contribution in [0, 0.1) is 5.92 Å². The van der Waals surface area contributed by atoms with Crippen LogP contribution in [0.3, 0.4) is 0 Å². The lowest BCUT2D eigenvalue weighted by atomic mass is 9.98. The Morgan fingerprint density at radius 1 is 0.842 bits per heavy atom. The molecule has 316 valence electrons. The zero-order valence-corrected chi connectivity index (χ0v) is 34.7. The maximum Gasteiger partial charge on any atom is 0.326 e. The minimum atomic E-state index is -1.49. The number of carboxylic acids is 1. The van der Waals surface area contributed by atoms with Gasteiger partial charge >= 0.3 is 5.97 Å². The van der Waals surface area contributed by atoms with E-state index in [2.05, 4.69) is 16.0 Å². The first kappa shape index (κ1) is 47.3. The molecule has 1 aliphatic rings. The number of carbonyl (C=O) groups excluding carboxylic acids is 4. The summed E-state index contributed by atoms with van der Waals surface area (Å²) in [7, 11) is 3.11. The van der Waals surface area contributed by atoms with Gasteiger partial charge in [-0.1, -0.05) is 63.8 Å². The SMILES string of the molecule is CNC(CCCCCCC(Cl)Cl)C(O)C(=O)NC(Cc1ccc(O)cc1)C(=O)N(C)C(CC(C)C)C(=O)N1CCCC1C(=O)NC(Cc1ccc(O)cc1)C(=O)O. The number of carboxylic acid groups (broad SMARTS) is 1. The monoisotopic (exact) mass is 835 g/mol. The van der Waals surface area contributed by atoms with Crippen molar-refractivity contribution in [3.63, 3.8) is 0 Å². The lowest BCUT2D eigenvalue weighted by Gasteiger charge is -2.36. The molecule has 1 saturated heterocycles. The van der Waals surface area contributed by atoms with E-state index < -0.39 is 70.7 Å². The van der Waals surface area contributed by atoms with Gasteiger partial charge in [-0.2, -0.15) is 0 Å². The molecule has 0 spiro atoms. The number of aromatic hydroxyl groups is 2. The Morgan fingerprint density at radius 2 is 1.39 bits per heavy atom. The number of hydrogen-bond acceptors (Lipinski definition) is 9. The summed E-state index contributed by atoms with van der Waals surface area (Å²) < 4.78 is 0. The molecule has 3 rings (SSSR count). The summed E-state index contributed by atoms with van der Waals surface area (Å²) in [5.74, 6) is -3.77. The minimum Gasteiger partial charge on any atom is -0.508 e. The van der Waals surface area contributed by atoms with E-state index in [4.69, 9.17) is 23.2 Å². The van der Waals surface area contributed by atoms with E-state index >= 15 is 0 Å². The third kappa shape index (κ3) is 15.0. The summed E-state index contributed by atoms with van der Waals surface area (Å²) in [6.45, 7) is 4.00. The second-order valence-electron chi connectivity index (χ2n) is 15.2. The highest BCUT2D eigenvalue weighted by Crippen LogP contribution is 2.24. The molecule has 0 saturated carbocycles. The van der Waals surface area contributed by atoms with Gasteiger partial charge in [-0.3, -0.25) is 19.2 Å². The summed E-state index contributed by atoms with van der Waals surface area (Å²) in [5, 5.41) is 48.8. The molecule has 0 bridgehead atoms. The van der Waals surface area contributed by atoms with Gasteiger partial charge in [0, 0.05) is 32.5 Å². The van der Waals surface area contributed by atoms with Crippen molar-refractivity contribution in [2.24, 2.45) is 5.92 Å². The molecule has 7 N–H and O–H groups in total. The van der Waals surface area contributed by atoms with Gasteiger partial charge in [0.1, 0.15) is 46.6 Å². The first-order valence-electron chi connectivity index (χ1n) is 19.6. The number of rotatable bonds is 23. The maximum absolute atomic E-state index is 14.4. The first-order valence-corrected chi connectivity index (χ1v) is 20.5. The van der Waals surface area contributed by atoms with Crippen LogP contribution in [-0.4, -0.2) is 122 Å². The Hall–Kier alpha value is -4.11. The number of unbranched alkanes of at least 4 members (excludes halogenated alkanes) is 3. The summed E-state index contributed by atoms with van der Waals surface area (Å²) in [6, 6.07) is 6.99. The third-order valence-corrected chi connectivity index (χ3v) is 10.8. The second-order valence-corrected chi connectivity index (χ2v) is 16.5. The molecule has 0 aromatic heterocycles. The van der Waals surface area contributed by atoms with E-state index in [1.165, 1.54) is 41.1 Å². The molecule has 1 heterocycles. The average Bonchev–Trinajstić information content (AvgIpc) is 3.67. The second kappa shape index (κ2) is 23.3. The number of aliphatic carboxylic acids is 1. The van der Waals surface area contributed by atoms with Crippen molar-refractivity contribution in [3.8, 4) is 11.5 Å². The average molecular weight is 837 g/mol. The van der Waals surface area contributed by atoms with Gasteiger partial charge in [0.2, 0.25) is 17.7 Å². The van der Waals surface area contributed by atoms with Gasteiger partial charge in [0.15, 0.2) is 0 Å². The highest BCUT2D eigenvalue weighted by atomic mass is 35.5. The number of amides is 4. The number of benzene rings is 2. The predicted molar refractivity (Wildman–Crippen MR) is 218 cm³/mol. The molecular weight excluding hydrogens is 777 g/mol. The molecule has 14 nitrogen and oxygen atoms in total. The van der Waals surface area contributed by atoms with Crippen LogP contribution in [0.2, 0.25) is 0 Å². The number of aliphatic hydroxyl groups excluding tert-OH is 1. The van der Waals surface area contributed by atoms with Gasteiger partial charge in [-0.25, -0.2) is 4.79 Å². The van der Waals surface area contributed by atoms with Gasteiger partial charge in [0.25, 0.3) is 5.91 Å². The van der Waals surface area contributed by atoms with Crippen molar-refractivity contribution >= 4 is 52.8 Å². The fourth-order valence-electron chi connectivity index (χ4n) is 7.08. The molecule has 2 aromatic rings. The number of phenols is 2. The largest absolute Gasteiger partial charge is 0.508 e. The third-order valence-electron chi connectivity index (χ3n) is 10.3. The van der Waals surface area contributed by atoms with Crippen LogP contribution in [0.15, 0.2) is 48.5 Å². The van der Waals surface area contributed by atoms with Gasteiger partial charge in [-0.05, 0) is 80.5 Å². The lowest BCUT2D eigenvalue weighted by Crippen LogP contribution is -2.59. The summed E-state index contributed by atoms with van der Waals surface area (Å²) in [5.41, 5.74) is 1.19. The maximum atomic E-state index is 14.4. The summed E-state index contributed by atoms with van der Waals surface area (Å²) in [4.78, 5) is 70.4. The Balaban J connectivity index is 1.80. The number of nitrogens with one attached hydrogen (secondary N) is 3. The van der Waals surface area contributed by atoms with E-state index in [0.29, 0.717) is 36.8 Å². The molecule has 4 amide bonds. The summed E-state index contributed by atoms with van der Waals surface area (Å²) in [6.07, 6.45) is 3.97. The van der Waals surface area contributed by atoms with Crippen LogP contribution >= 0.6 is 23.2 Å². The summed E-state index contributed by atoms with van der Waals surface area (Å²) >= 11 is 11.6. The predicted octanol–water partition coefficient (Wildman–Crippen LogP) is 3.89. The topological polar surface area (TPSA) is 209 Å². The number of alkyl halides is 2. The van der Waals surface area contributed by atoms with Crippen LogP contribution in [0.4, 0.5) is 0 Å². The number of carbonyl (C=O) groups is 5. The molecule has 6 atom stereocenters.